The molecule has 0 N–H and O–H groups in total. The molecule has 0 saturated heterocycles. The Morgan fingerprint density at radius 1 is 1.21 bits per heavy atom. The summed E-state index contributed by atoms with van der Waals surface area (Å²) in [4.78, 5) is 4.38. The molecule has 1 aliphatic rings. The van der Waals surface area contributed by atoms with E-state index in [1.54, 1.807) is 0 Å². The molecule has 0 aromatic carbocycles. The van der Waals surface area contributed by atoms with Gasteiger partial charge < -0.3 is 0 Å². The van der Waals surface area contributed by atoms with Gasteiger partial charge in [-0.05, 0) is 14.1 Å². The number of hydrogen-bond acceptors (Lipinski definition) is 2. The molecule has 1 aliphatic heterocycles. The van der Waals surface area contributed by atoms with Crippen molar-refractivity contribution in [1.29, 1.82) is 0 Å². The Balaban J connectivity index is 0.000000249. The van der Waals surface area contributed by atoms with Crippen LogP contribution < -0.4 is 0 Å². The largest absolute Gasteiger partial charge is 0.299 e. The Bertz CT molecular complexity index is 167. The van der Waals surface area contributed by atoms with Crippen LogP contribution in [0.25, 0.3) is 0 Å². The smallest absolute Gasteiger partial charge is 0.0163 e. The first-order valence-electron chi connectivity index (χ1n) is 4.94. The van der Waals surface area contributed by atoms with Crippen molar-refractivity contribution in [2.75, 3.05) is 40.3 Å². The minimum atomic E-state index is 0.937. The molecule has 1 heterocycles. The number of rotatable bonds is 4. The van der Waals surface area contributed by atoms with E-state index in [0.29, 0.717) is 0 Å². The summed E-state index contributed by atoms with van der Waals surface area (Å²) < 4.78 is 0. The van der Waals surface area contributed by atoms with Crippen molar-refractivity contribution in [3.63, 3.8) is 0 Å². The summed E-state index contributed by atoms with van der Waals surface area (Å²) in [7, 11) is 4.14. The molecule has 0 saturated carbocycles. The fourth-order valence-corrected chi connectivity index (χ4v) is 1.10. The monoisotopic (exact) mass is 194 g/mol. The summed E-state index contributed by atoms with van der Waals surface area (Å²) >= 11 is 0. The van der Waals surface area contributed by atoms with Crippen LogP contribution in [0, 0.1) is 0 Å². The molecule has 2 nitrogen and oxygen atoms in total. The highest BCUT2D eigenvalue weighted by Gasteiger charge is 1.94. The van der Waals surface area contributed by atoms with Gasteiger partial charge in [0.2, 0.25) is 0 Å². The molecule has 0 amide bonds. The van der Waals surface area contributed by atoms with Crippen molar-refractivity contribution >= 4 is 0 Å². The second-order valence-corrected chi connectivity index (χ2v) is 3.49. The normalized spacial score (nSPS) is 15.1. The van der Waals surface area contributed by atoms with Crippen LogP contribution in [0.4, 0.5) is 0 Å². The van der Waals surface area contributed by atoms with Crippen LogP contribution >= 0.6 is 0 Å². The SMILES string of the molecule is C=CCN(C)CC=C.CN1CC=CC1. The number of likely N-dealkylation sites (N-methyl/N-ethyl adjacent to an activating group) is 2. The van der Waals surface area contributed by atoms with Crippen molar-refractivity contribution < 1.29 is 0 Å². The average molecular weight is 194 g/mol. The Labute approximate surface area is 88.2 Å². The lowest BCUT2D eigenvalue weighted by molar-refractivity contribution is 0.413. The van der Waals surface area contributed by atoms with Crippen molar-refractivity contribution in [3.8, 4) is 0 Å². The van der Waals surface area contributed by atoms with Crippen LogP contribution in [0.1, 0.15) is 0 Å². The zero-order valence-electron chi connectivity index (χ0n) is 9.45. The first kappa shape index (κ1) is 13.1. The Kier molecular flexibility index (Phi) is 8.19. The van der Waals surface area contributed by atoms with Crippen LogP contribution in [0.15, 0.2) is 37.5 Å². The van der Waals surface area contributed by atoms with Gasteiger partial charge in [0.05, 0.1) is 0 Å². The lowest BCUT2D eigenvalue weighted by Crippen LogP contribution is -2.17. The summed E-state index contributed by atoms with van der Waals surface area (Å²) in [6.07, 6.45) is 8.12. The van der Waals surface area contributed by atoms with Crippen LogP contribution in [0.5, 0.6) is 0 Å². The van der Waals surface area contributed by atoms with Gasteiger partial charge >= 0.3 is 0 Å². The van der Waals surface area contributed by atoms with Gasteiger partial charge in [0.1, 0.15) is 0 Å². The van der Waals surface area contributed by atoms with Crippen molar-refractivity contribution in [3.05, 3.63) is 37.5 Å². The molecule has 0 aromatic rings. The van der Waals surface area contributed by atoms with Gasteiger partial charge in [-0.1, -0.05) is 24.3 Å². The van der Waals surface area contributed by atoms with Gasteiger partial charge in [-0.2, -0.15) is 0 Å². The second-order valence-electron chi connectivity index (χ2n) is 3.49. The van der Waals surface area contributed by atoms with Gasteiger partial charge in [-0.3, -0.25) is 9.80 Å². The average Bonchev–Trinajstić information content (AvgIpc) is 2.58. The molecule has 0 radical (unpaired) electrons. The van der Waals surface area contributed by atoms with Crippen molar-refractivity contribution in [2.45, 2.75) is 0 Å². The molecule has 14 heavy (non-hydrogen) atoms. The van der Waals surface area contributed by atoms with Gasteiger partial charge in [-0.25, -0.2) is 0 Å². The minimum Gasteiger partial charge on any atom is -0.299 e. The topological polar surface area (TPSA) is 6.48 Å². The third-order valence-corrected chi connectivity index (χ3v) is 1.88. The van der Waals surface area contributed by atoms with E-state index in [2.05, 4.69) is 42.2 Å². The summed E-state index contributed by atoms with van der Waals surface area (Å²) in [5.74, 6) is 0. The molecule has 0 atom stereocenters. The molecular formula is C12H22N2. The number of nitrogens with zero attached hydrogens (tertiary/aromatic N) is 2. The van der Waals surface area contributed by atoms with Crippen LogP contribution in [0.2, 0.25) is 0 Å². The molecule has 2 heteroatoms. The van der Waals surface area contributed by atoms with E-state index in [4.69, 9.17) is 0 Å². The lowest BCUT2D eigenvalue weighted by Gasteiger charge is -2.09. The standard InChI is InChI=1S/C7H13N.C5H9N/c1-4-6-8(3)7-5-2;1-6-4-2-3-5-6/h4-5H,1-2,6-7H2,3H3;2-3H,4-5H2,1H3. The maximum atomic E-state index is 3.61. The number of hydrogen-bond donors (Lipinski definition) is 0. The Morgan fingerprint density at radius 3 is 1.86 bits per heavy atom. The van der Waals surface area contributed by atoms with E-state index < -0.39 is 0 Å². The fraction of sp³-hybridized carbons (Fsp3) is 0.500. The lowest BCUT2D eigenvalue weighted by atomic mass is 10.5. The van der Waals surface area contributed by atoms with Gasteiger partial charge in [0.15, 0.2) is 0 Å². The third-order valence-electron chi connectivity index (χ3n) is 1.88. The minimum absolute atomic E-state index is 0.937. The first-order valence-corrected chi connectivity index (χ1v) is 4.94. The maximum absolute atomic E-state index is 3.61. The first-order chi connectivity index (χ1) is 6.70. The second kappa shape index (κ2) is 8.73. The summed E-state index contributed by atoms with van der Waals surface area (Å²) in [5.41, 5.74) is 0. The molecule has 0 unspecified atom stereocenters. The summed E-state index contributed by atoms with van der Waals surface area (Å²) in [6, 6.07) is 0. The molecule has 0 aliphatic carbocycles. The van der Waals surface area contributed by atoms with Crippen molar-refractivity contribution in [2.24, 2.45) is 0 Å². The molecule has 0 bridgehead atoms. The van der Waals surface area contributed by atoms with Crippen LogP contribution in [0.3, 0.4) is 0 Å². The molecule has 0 aromatic heterocycles. The van der Waals surface area contributed by atoms with Gasteiger partial charge in [0, 0.05) is 26.2 Å². The van der Waals surface area contributed by atoms with Gasteiger partial charge in [0.25, 0.3) is 0 Å². The molecular weight excluding hydrogens is 172 g/mol. The zero-order chi connectivity index (χ0) is 10.8. The van der Waals surface area contributed by atoms with Crippen LogP contribution in [-0.4, -0.2) is 50.1 Å². The predicted molar refractivity (Wildman–Crippen MR) is 64.5 cm³/mol. The third kappa shape index (κ3) is 7.77. The quantitative estimate of drug-likeness (QED) is 0.629. The Morgan fingerprint density at radius 2 is 1.64 bits per heavy atom. The molecule has 0 spiro atoms. The highest BCUT2D eigenvalue weighted by atomic mass is 15.1. The highest BCUT2D eigenvalue weighted by Crippen LogP contribution is 1.91. The van der Waals surface area contributed by atoms with Crippen LogP contribution in [-0.2, 0) is 0 Å². The van der Waals surface area contributed by atoms with Crippen molar-refractivity contribution in [1.82, 2.24) is 9.80 Å². The zero-order valence-corrected chi connectivity index (χ0v) is 9.45. The van der Waals surface area contributed by atoms with E-state index in [1.165, 1.54) is 0 Å². The highest BCUT2D eigenvalue weighted by molar-refractivity contribution is 4.93. The Hall–Kier alpha value is -0.860. The van der Waals surface area contributed by atoms with E-state index in [9.17, 15) is 0 Å². The van der Waals surface area contributed by atoms with E-state index >= 15 is 0 Å². The molecule has 0 fully saturated rings. The summed E-state index contributed by atoms with van der Waals surface area (Å²) in [5, 5.41) is 0. The predicted octanol–water partition coefficient (Wildman–Crippen LogP) is 1.78. The van der Waals surface area contributed by atoms with E-state index in [0.717, 1.165) is 26.2 Å². The van der Waals surface area contributed by atoms with Gasteiger partial charge in [-0.15, -0.1) is 13.2 Å². The van der Waals surface area contributed by atoms with E-state index in [-0.39, 0.29) is 0 Å². The summed E-state index contributed by atoms with van der Waals surface area (Å²) in [6.45, 7) is 11.4. The molecule has 1 rings (SSSR count). The fourth-order valence-electron chi connectivity index (χ4n) is 1.10. The van der Waals surface area contributed by atoms with E-state index in [1.807, 2.05) is 19.2 Å². The maximum Gasteiger partial charge on any atom is 0.0163 e. The molecule has 80 valence electrons.